The van der Waals surface area contributed by atoms with E-state index in [2.05, 4.69) is 56.5 Å². The SMILES string of the molecule is CCNC(=NCc1ccn(C2CCCC2)n1)NCCn1cccc1. The van der Waals surface area contributed by atoms with Crippen LogP contribution in [0.15, 0.2) is 41.8 Å². The first-order valence-electron chi connectivity index (χ1n) is 9.02. The van der Waals surface area contributed by atoms with Gasteiger partial charge in [-0.25, -0.2) is 4.99 Å². The maximum atomic E-state index is 4.70. The van der Waals surface area contributed by atoms with Crippen LogP contribution in [0.3, 0.4) is 0 Å². The van der Waals surface area contributed by atoms with Gasteiger partial charge in [0.05, 0.1) is 18.3 Å². The summed E-state index contributed by atoms with van der Waals surface area (Å²) in [5.41, 5.74) is 1.03. The molecule has 0 aliphatic heterocycles. The standard InChI is InChI=1S/C18H28N6/c1-2-19-18(20-10-14-23-11-5-6-12-23)21-15-16-9-13-24(22-16)17-7-3-4-8-17/h5-6,9,11-13,17H,2-4,7-8,10,14-15H2,1H3,(H2,19,20,21). The van der Waals surface area contributed by atoms with E-state index in [0.29, 0.717) is 12.6 Å². The summed E-state index contributed by atoms with van der Waals surface area (Å²) in [6.45, 7) is 5.31. The first kappa shape index (κ1) is 16.6. The zero-order valence-electron chi connectivity index (χ0n) is 14.5. The Hall–Kier alpha value is -2.24. The highest BCUT2D eigenvalue weighted by Crippen LogP contribution is 2.28. The van der Waals surface area contributed by atoms with Crippen molar-refractivity contribution in [3.05, 3.63) is 42.5 Å². The van der Waals surface area contributed by atoms with E-state index in [1.54, 1.807) is 0 Å². The molecule has 3 rings (SSSR count). The molecule has 130 valence electrons. The average molecular weight is 328 g/mol. The summed E-state index contributed by atoms with van der Waals surface area (Å²) in [7, 11) is 0. The molecule has 1 fully saturated rings. The van der Waals surface area contributed by atoms with E-state index in [4.69, 9.17) is 5.10 Å². The Balaban J connectivity index is 1.51. The van der Waals surface area contributed by atoms with Gasteiger partial charge in [-0.3, -0.25) is 4.68 Å². The van der Waals surface area contributed by atoms with Crippen LogP contribution >= 0.6 is 0 Å². The molecule has 6 nitrogen and oxygen atoms in total. The number of hydrogen-bond donors (Lipinski definition) is 2. The number of nitrogens with one attached hydrogen (secondary N) is 2. The minimum atomic E-state index is 0.593. The van der Waals surface area contributed by atoms with Crippen molar-refractivity contribution in [3.8, 4) is 0 Å². The van der Waals surface area contributed by atoms with Gasteiger partial charge >= 0.3 is 0 Å². The monoisotopic (exact) mass is 328 g/mol. The van der Waals surface area contributed by atoms with Gasteiger partial charge in [0.2, 0.25) is 0 Å². The number of rotatable bonds is 7. The quantitative estimate of drug-likeness (QED) is 0.606. The molecule has 2 heterocycles. The number of hydrogen-bond acceptors (Lipinski definition) is 2. The van der Waals surface area contributed by atoms with Crippen LogP contribution in [0.25, 0.3) is 0 Å². The van der Waals surface area contributed by atoms with E-state index in [9.17, 15) is 0 Å². The molecule has 2 aromatic heterocycles. The van der Waals surface area contributed by atoms with E-state index in [1.807, 2.05) is 12.1 Å². The number of aliphatic imine (C=N–C) groups is 1. The maximum Gasteiger partial charge on any atom is 0.191 e. The highest BCUT2D eigenvalue weighted by Gasteiger charge is 2.17. The number of aromatic nitrogens is 3. The smallest absolute Gasteiger partial charge is 0.191 e. The van der Waals surface area contributed by atoms with Crippen molar-refractivity contribution in [1.29, 1.82) is 0 Å². The molecule has 6 heteroatoms. The summed E-state index contributed by atoms with van der Waals surface area (Å²) in [4.78, 5) is 4.65. The Morgan fingerprint density at radius 2 is 2.00 bits per heavy atom. The highest BCUT2D eigenvalue weighted by atomic mass is 15.3. The summed E-state index contributed by atoms with van der Waals surface area (Å²) in [5.74, 6) is 0.847. The van der Waals surface area contributed by atoms with E-state index in [1.165, 1.54) is 25.7 Å². The van der Waals surface area contributed by atoms with Crippen LogP contribution in [0, 0.1) is 0 Å². The van der Waals surface area contributed by atoms with Gasteiger partial charge in [-0.2, -0.15) is 5.10 Å². The second-order valence-electron chi connectivity index (χ2n) is 6.27. The molecular weight excluding hydrogens is 300 g/mol. The molecule has 0 spiro atoms. The third-order valence-corrected chi connectivity index (χ3v) is 4.43. The predicted octanol–water partition coefficient (Wildman–Crippen LogP) is 2.55. The molecule has 24 heavy (non-hydrogen) atoms. The maximum absolute atomic E-state index is 4.70. The van der Waals surface area contributed by atoms with Crippen LogP contribution in [-0.2, 0) is 13.1 Å². The first-order valence-corrected chi connectivity index (χ1v) is 9.02. The van der Waals surface area contributed by atoms with E-state index < -0.39 is 0 Å². The molecule has 0 atom stereocenters. The topological polar surface area (TPSA) is 59.2 Å². The second kappa shape index (κ2) is 8.57. The summed E-state index contributed by atoms with van der Waals surface area (Å²) in [6.07, 6.45) is 11.4. The van der Waals surface area contributed by atoms with Crippen molar-refractivity contribution in [2.75, 3.05) is 13.1 Å². The van der Waals surface area contributed by atoms with Crippen LogP contribution in [-0.4, -0.2) is 33.4 Å². The third kappa shape index (κ3) is 4.63. The molecule has 1 aliphatic rings. The summed E-state index contributed by atoms with van der Waals surface area (Å²) < 4.78 is 4.28. The van der Waals surface area contributed by atoms with Crippen LogP contribution in [0.1, 0.15) is 44.3 Å². The second-order valence-corrected chi connectivity index (χ2v) is 6.27. The minimum Gasteiger partial charge on any atom is -0.357 e. The van der Waals surface area contributed by atoms with Crippen molar-refractivity contribution in [1.82, 2.24) is 25.0 Å². The molecule has 1 saturated carbocycles. The lowest BCUT2D eigenvalue weighted by Crippen LogP contribution is -2.38. The molecule has 0 aromatic carbocycles. The fraction of sp³-hybridized carbons (Fsp3) is 0.556. The van der Waals surface area contributed by atoms with Crippen molar-refractivity contribution in [2.45, 2.75) is 51.7 Å². The van der Waals surface area contributed by atoms with Crippen LogP contribution in [0.5, 0.6) is 0 Å². The van der Waals surface area contributed by atoms with Gasteiger partial charge in [0.25, 0.3) is 0 Å². The molecule has 0 unspecified atom stereocenters. The lowest BCUT2D eigenvalue weighted by atomic mass is 10.3. The number of guanidine groups is 1. The molecular formula is C18H28N6. The van der Waals surface area contributed by atoms with Crippen LogP contribution in [0.4, 0.5) is 0 Å². The summed E-state index contributed by atoms with van der Waals surface area (Å²) in [6, 6.07) is 6.76. The Morgan fingerprint density at radius 1 is 1.21 bits per heavy atom. The Kier molecular flexibility index (Phi) is 5.93. The largest absolute Gasteiger partial charge is 0.357 e. The molecule has 0 radical (unpaired) electrons. The van der Waals surface area contributed by atoms with E-state index in [0.717, 1.165) is 31.3 Å². The Labute approximate surface area is 144 Å². The average Bonchev–Trinajstić information content (AvgIpc) is 3.33. The van der Waals surface area contributed by atoms with Crippen molar-refractivity contribution >= 4 is 5.96 Å². The molecule has 0 bridgehead atoms. The molecule has 0 saturated heterocycles. The molecule has 2 N–H and O–H groups in total. The molecule has 1 aliphatic carbocycles. The normalized spacial score (nSPS) is 15.8. The zero-order valence-corrected chi connectivity index (χ0v) is 14.5. The summed E-state index contributed by atoms with van der Waals surface area (Å²) >= 11 is 0. The van der Waals surface area contributed by atoms with E-state index in [-0.39, 0.29) is 0 Å². The van der Waals surface area contributed by atoms with Crippen molar-refractivity contribution in [3.63, 3.8) is 0 Å². The zero-order chi connectivity index (χ0) is 16.6. The summed E-state index contributed by atoms with van der Waals surface area (Å²) in [5, 5.41) is 11.4. The predicted molar refractivity (Wildman–Crippen MR) is 97.0 cm³/mol. The third-order valence-electron chi connectivity index (χ3n) is 4.43. The first-order chi connectivity index (χ1) is 11.8. The van der Waals surface area contributed by atoms with Gasteiger partial charge in [0.1, 0.15) is 0 Å². The Bertz CT molecular complexity index is 622. The van der Waals surface area contributed by atoms with Crippen LogP contribution in [0.2, 0.25) is 0 Å². The van der Waals surface area contributed by atoms with Crippen molar-refractivity contribution < 1.29 is 0 Å². The fourth-order valence-corrected chi connectivity index (χ4v) is 3.16. The fourth-order valence-electron chi connectivity index (χ4n) is 3.16. The van der Waals surface area contributed by atoms with Crippen LogP contribution < -0.4 is 10.6 Å². The highest BCUT2D eigenvalue weighted by molar-refractivity contribution is 5.79. The lowest BCUT2D eigenvalue weighted by Gasteiger charge is -2.11. The van der Waals surface area contributed by atoms with Gasteiger partial charge in [-0.15, -0.1) is 0 Å². The van der Waals surface area contributed by atoms with E-state index >= 15 is 0 Å². The van der Waals surface area contributed by atoms with Gasteiger partial charge in [0, 0.05) is 38.2 Å². The van der Waals surface area contributed by atoms with Gasteiger partial charge in [-0.1, -0.05) is 12.8 Å². The van der Waals surface area contributed by atoms with Crippen molar-refractivity contribution in [2.24, 2.45) is 4.99 Å². The van der Waals surface area contributed by atoms with Gasteiger partial charge in [0.15, 0.2) is 5.96 Å². The molecule has 2 aromatic rings. The minimum absolute atomic E-state index is 0.593. The Morgan fingerprint density at radius 3 is 2.75 bits per heavy atom. The molecule has 0 amide bonds. The van der Waals surface area contributed by atoms with Gasteiger partial charge < -0.3 is 15.2 Å². The lowest BCUT2D eigenvalue weighted by molar-refractivity contribution is 0.463. The van der Waals surface area contributed by atoms with Gasteiger partial charge in [-0.05, 0) is 38.0 Å². The number of nitrogens with zero attached hydrogens (tertiary/aromatic N) is 4.